The second kappa shape index (κ2) is 8.70. The molecule has 1 N–H and O–H groups in total. The summed E-state index contributed by atoms with van der Waals surface area (Å²) >= 11 is 8.95. The minimum absolute atomic E-state index is 0.0260. The van der Waals surface area contributed by atoms with Crippen molar-refractivity contribution in [2.24, 2.45) is 0 Å². The van der Waals surface area contributed by atoms with Crippen molar-refractivity contribution in [1.82, 2.24) is 20.1 Å². The summed E-state index contributed by atoms with van der Waals surface area (Å²) in [6.07, 6.45) is 0.729. The number of amides is 1. The molecule has 0 aliphatic carbocycles. The van der Waals surface area contributed by atoms with Crippen molar-refractivity contribution in [1.29, 1.82) is 0 Å². The lowest BCUT2D eigenvalue weighted by Gasteiger charge is -2.25. The third-order valence-electron chi connectivity index (χ3n) is 4.08. The second-order valence-electron chi connectivity index (χ2n) is 5.84. The number of hydrogen-bond acceptors (Lipinski definition) is 5. The van der Waals surface area contributed by atoms with Crippen molar-refractivity contribution < 1.29 is 4.79 Å². The number of aromatic amines is 1. The average Bonchev–Trinajstić information content (AvgIpc) is 3.31. The van der Waals surface area contributed by atoms with Gasteiger partial charge in [0.1, 0.15) is 5.82 Å². The molecule has 1 amide bonds. The van der Waals surface area contributed by atoms with Crippen LogP contribution in [0.3, 0.4) is 0 Å². The summed E-state index contributed by atoms with van der Waals surface area (Å²) in [6, 6.07) is 11.6. The summed E-state index contributed by atoms with van der Waals surface area (Å²) in [7, 11) is 1.81. The fourth-order valence-corrected chi connectivity index (χ4v) is 3.98. The van der Waals surface area contributed by atoms with E-state index in [-0.39, 0.29) is 11.9 Å². The Hall–Kier alpha value is -1.83. The van der Waals surface area contributed by atoms with E-state index < -0.39 is 0 Å². The number of rotatable bonds is 7. The van der Waals surface area contributed by atoms with Gasteiger partial charge < -0.3 is 4.90 Å². The molecule has 3 aromatic rings. The first-order valence-electron chi connectivity index (χ1n) is 8.10. The van der Waals surface area contributed by atoms with E-state index in [4.69, 9.17) is 11.6 Å². The van der Waals surface area contributed by atoms with Crippen LogP contribution in [0.15, 0.2) is 46.9 Å². The maximum Gasteiger partial charge on any atom is 0.233 e. The van der Waals surface area contributed by atoms with E-state index >= 15 is 0 Å². The van der Waals surface area contributed by atoms with Gasteiger partial charge in [0, 0.05) is 23.4 Å². The third-order valence-corrected chi connectivity index (χ3v) is 6.04. The summed E-state index contributed by atoms with van der Waals surface area (Å²) in [4.78, 5) is 19.9. The van der Waals surface area contributed by atoms with Crippen LogP contribution in [-0.2, 0) is 11.2 Å². The average molecular weight is 407 g/mol. The summed E-state index contributed by atoms with van der Waals surface area (Å²) in [6.45, 7) is 2.00. The fourth-order valence-electron chi connectivity index (χ4n) is 2.41. The van der Waals surface area contributed by atoms with Gasteiger partial charge in [-0.15, -0.1) is 16.4 Å². The van der Waals surface area contributed by atoms with Crippen molar-refractivity contribution in [2.45, 2.75) is 24.5 Å². The van der Waals surface area contributed by atoms with Crippen LogP contribution in [0.2, 0.25) is 5.02 Å². The minimum atomic E-state index is -0.0260. The minimum Gasteiger partial charge on any atom is -0.338 e. The Morgan fingerprint density at radius 2 is 2.12 bits per heavy atom. The highest BCUT2D eigenvalue weighted by atomic mass is 35.5. The highest BCUT2D eigenvalue weighted by Crippen LogP contribution is 2.23. The van der Waals surface area contributed by atoms with Crippen LogP contribution < -0.4 is 0 Å². The molecular weight excluding hydrogens is 388 g/mol. The van der Waals surface area contributed by atoms with E-state index in [1.165, 1.54) is 16.6 Å². The van der Waals surface area contributed by atoms with Gasteiger partial charge in [0.05, 0.1) is 11.8 Å². The molecule has 0 fully saturated rings. The van der Waals surface area contributed by atoms with Gasteiger partial charge in [-0.3, -0.25) is 9.89 Å². The van der Waals surface area contributed by atoms with E-state index in [0.717, 1.165) is 17.8 Å². The number of nitrogens with one attached hydrogen (secondary N) is 1. The molecule has 1 unspecified atom stereocenters. The lowest BCUT2D eigenvalue weighted by atomic mass is 10.1. The van der Waals surface area contributed by atoms with Gasteiger partial charge in [0.15, 0.2) is 0 Å². The van der Waals surface area contributed by atoms with Crippen molar-refractivity contribution in [3.05, 3.63) is 63.1 Å². The quantitative estimate of drug-likeness (QED) is 0.590. The zero-order valence-corrected chi connectivity index (χ0v) is 16.9. The second-order valence-corrected chi connectivity index (χ2v) is 8.25. The summed E-state index contributed by atoms with van der Waals surface area (Å²) in [5, 5.41) is 10.4. The van der Waals surface area contributed by atoms with Gasteiger partial charge in [0.25, 0.3) is 0 Å². The van der Waals surface area contributed by atoms with Crippen LogP contribution >= 0.6 is 34.7 Å². The number of carbonyl (C=O) groups excluding carboxylic acids is 1. The summed E-state index contributed by atoms with van der Waals surface area (Å²) in [5.41, 5.74) is 1.05. The Balaban J connectivity index is 1.53. The molecular formula is C18H19ClN4OS2. The van der Waals surface area contributed by atoms with Crippen LogP contribution in [-0.4, -0.2) is 38.8 Å². The normalized spacial score (nSPS) is 12.1. The van der Waals surface area contributed by atoms with Crippen LogP contribution in [0.5, 0.6) is 0 Å². The van der Waals surface area contributed by atoms with Crippen molar-refractivity contribution in [3.8, 4) is 0 Å². The molecule has 8 heteroatoms. The maximum absolute atomic E-state index is 12.5. The number of aromatic nitrogens is 3. The number of halogens is 1. The molecule has 0 spiro atoms. The van der Waals surface area contributed by atoms with Gasteiger partial charge >= 0.3 is 0 Å². The van der Waals surface area contributed by atoms with E-state index in [0.29, 0.717) is 15.9 Å². The molecule has 26 heavy (non-hydrogen) atoms. The van der Waals surface area contributed by atoms with E-state index in [1.807, 2.05) is 49.7 Å². The first kappa shape index (κ1) is 18.9. The number of thiophene rings is 1. The number of H-pyrrole nitrogens is 1. The molecule has 2 heterocycles. The first-order valence-corrected chi connectivity index (χ1v) is 10.3. The largest absolute Gasteiger partial charge is 0.338 e. The molecule has 136 valence electrons. The van der Waals surface area contributed by atoms with Gasteiger partial charge in [-0.05, 0) is 36.1 Å². The SMILES string of the molecule is CC(c1ccc(Cl)cc1)N(C)C(=O)CSc1n[nH]c(Cc2cccs2)n1. The van der Waals surface area contributed by atoms with E-state index in [2.05, 4.69) is 21.2 Å². The molecule has 1 aromatic carbocycles. The lowest BCUT2D eigenvalue weighted by molar-refractivity contribution is -0.128. The van der Waals surface area contributed by atoms with Gasteiger partial charge in [0.2, 0.25) is 11.1 Å². The monoisotopic (exact) mass is 406 g/mol. The predicted octanol–water partition coefficient (Wildman–Crippen LogP) is 4.42. The molecule has 0 radical (unpaired) electrons. The Morgan fingerprint density at radius 1 is 1.35 bits per heavy atom. The number of nitrogens with zero attached hydrogens (tertiary/aromatic N) is 3. The van der Waals surface area contributed by atoms with Gasteiger partial charge in [-0.2, -0.15) is 0 Å². The standard InChI is InChI=1S/C18H19ClN4OS2/c1-12(13-5-7-14(19)8-6-13)23(2)17(24)11-26-18-20-16(21-22-18)10-15-4-3-9-25-15/h3-9,12H,10-11H2,1-2H3,(H,20,21,22). The predicted molar refractivity (Wildman–Crippen MR) is 107 cm³/mol. The Labute approximate surface area is 165 Å². The van der Waals surface area contributed by atoms with Crippen LogP contribution in [0.1, 0.15) is 29.2 Å². The van der Waals surface area contributed by atoms with Crippen molar-refractivity contribution in [3.63, 3.8) is 0 Å². The molecule has 0 aliphatic heterocycles. The molecule has 1 atom stereocenters. The summed E-state index contributed by atoms with van der Waals surface area (Å²) < 4.78 is 0. The molecule has 2 aromatic heterocycles. The van der Waals surface area contributed by atoms with Gasteiger partial charge in [-0.25, -0.2) is 4.98 Å². The van der Waals surface area contributed by atoms with Crippen molar-refractivity contribution in [2.75, 3.05) is 12.8 Å². The Kier molecular flexibility index (Phi) is 6.34. The third kappa shape index (κ3) is 4.87. The molecule has 0 bridgehead atoms. The van der Waals surface area contributed by atoms with E-state index in [9.17, 15) is 4.79 Å². The highest BCUT2D eigenvalue weighted by molar-refractivity contribution is 7.99. The fraction of sp³-hybridized carbons (Fsp3) is 0.278. The molecule has 0 aliphatic rings. The Bertz CT molecular complexity index is 848. The maximum atomic E-state index is 12.5. The number of benzene rings is 1. The lowest BCUT2D eigenvalue weighted by Crippen LogP contribution is -2.31. The Morgan fingerprint density at radius 3 is 2.81 bits per heavy atom. The van der Waals surface area contributed by atoms with Crippen LogP contribution in [0, 0.1) is 0 Å². The molecule has 0 saturated carbocycles. The van der Waals surface area contributed by atoms with Gasteiger partial charge in [-0.1, -0.05) is 41.6 Å². The van der Waals surface area contributed by atoms with Crippen LogP contribution in [0.25, 0.3) is 0 Å². The number of carbonyl (C=O) groups is 1. The first-order chi connectivity index (χ1) is 12.5. The van der Waals surface area contributed by atoms with E-state index in [1.54, 1.807) is 16.2 Å². The topological polar surface area (TPSA) is 61.9 Å². The van der Waals surface area contributed by atoms with Crippen molar-refractivity contribution >= 4 is 40.6 Å². The molecule has 5 nitrogen and oxygen atoms in total. The molecule has 3 rings (SSSR count). The number of hydrogen-bond donors (Lipinski definition) is 1. The smallest absolute Gasteiger partial charge is 0.233 e. The molecule has 0 saturated heterocycles. The zero-order chi connectivity index (χ0) is 18.5. The van der Waals surface area contributed by atoms with Crippen LogP contribution in [0.4, 0.5) is 0 Å². The highest BCUT2D eigenvalue weighted by Gasteiger charge is 2.18. The number of thioether (sulfide) groups is 1. The zero-order valence-electron chi connectivity index (χ0n) is 14.5. The summed E-state index contributed by atoms with van der Waals surface area (Å²) in [5.74, 6) is 1.14.